The minimum absolute atomic E-state index is 0.533. The van der Waals surface area contributed by atoms with Gasteiger partial charge in [-0.15, -0.1) is 0 Å². The molecule has 78 valence electrons. The van der Waals surface area contributed by atoms with Crippen LogP contribution in [0.2, 0.25) is 0 Å². The Morgan fingerprint density at radius 2 is 2.00 bits per heavy atom. The topological polar surface area (TPSA) is 110 Å². The van der Waals surface area contributed by atoms with Gasteiger partial charge in [0.1, 0.15) is 6.10 Å². The molecule has 0 amide bonds. The summed E-state index contributed by atoms with van der Waals surface area (Å²) in [5.74, 6) is -0.988. The van der Waals surface area contributed by atoms with Crippen LogP contribution in [0.1, 0.15) is 0 Å². The largest absolute Gasteiger partial charge is 0.396 e. The van der Waals surface area contributed by atoms with Crippen molar-refractivity contribution < 1.29 is 30.3 Å². The Kier molecular flexibility index (Phi) is 2.91. The summed E-state index contributed by atoms with van der Waals surface area (Å²) < 4.78 is 4.43. The number of ether oxygens (including phenoxy) is 1. The first-order valence-corrected chi connectivity index (χ1v) is 3.90. The van der Waals surface area contributed by atoms with E-state index in [0.717, 1.165) is 7.11 Å². The van der Waals surface area contributed by atoms with Gasteiger partial charge in [0.05, 0.1) is 12.7 Å². The van der Waals surface area contributed by atoms with Crippen molar-refractivity contribution in [2.45, 2.75) is 24.1 Å². The monoisotopic (exact) mass is 194 g/mol. The fourth-order valence-electron chi connectivity index (χ4n) is 1.64. The number of hydrogen-bond acceptors (Lipinski definition) is 6. The van der Waals surface area contributed by atoms with E-state index >= 15 is 0 Å². The zero-order chi connectivity index (χ0) is 10.2. The van der Waals surface area contributed by atoms with E-state index in [9.17, 15) is 15.3 Å². The zero-order valence-corrected chi connectivity index (χ0v) is 7.16. The average molecular weight is 194 g/mol. The van der Waals surface area contributed by atoms with Gasteiger partial charge < -0.3 is 30.3 Å². The van der Waals surface area contributed by atoms with Gasteiger partial charge in [-0.2, -0.15) is 0 Å². The van der Waals surface area contributed by atoms with E-state index in [1.807, 2.05) is 0 Å². The van der Waals surface area contributed by atoms with Gasteiger partial charge in [-0.3, -0.25) is 0 Å². The molecule has 0 saturated heterocycles. The van der Waals surface area contributed by atoms with Crippen LogP contribution in [0.4, 0.5) is 0 Å². The second kappa shape index (κ2) is 3.49. The molecule has 6 heteroatoms. The van der Waals surface area contributed by atoms with Gasteiger partial charge in [0, 0.05) is 13.0 Å². The molecule has 0 heterocycles. The third kappa shape index (κ3) is 1.26. The molecule has 6 nitrogen and oxygen atoms in total. The molecule has 1 saturated carbocycles. The molecule has 1 rings (SSSR count). The van der Waals surface area contributed by atoms with E-state index in [4.69, 9.17) is 10.2 Å². The zero-order valence-electron chi connectivity index (χ0n) is 7.16. The van der Waals surface area contributed by atoms with E-state index in [2.05, 4.69) is 4.74 Å². The highest BCUT2D eigenvalue weighted by Gasteiger charge is 2.64. The van der Waals surface area contributed by atoms with Gasteiger partial charge in [0.15, 0.2) is 11.9 Å². The maximum atomic E-state index is 9.63. The van der Waals surface area contributed by atoms with Crippen molar-refractivity contribution in [2.24, 2.45) is 5.92 Å². The standard InChI is InChI=1S/C7H14O6/c1-13-6(11)7(12)3(2-8)4(9)5(7)10/h3-6,8-12H,2H2,1H3. The SMILES string of the molecule is COC(O)C1(O)C(O)C(O)C1CO. The lowest BCUT2D eigenvalue weighted by molar-refractivity contribution is -0.343. The molecule has 5 N–H and O–H groups in total. The first-order chi connectivity index (χ1) is 6.00. The second-order valence-corrected chi connectivity index (χ2v) is 3.20. The maximum Gasteiger partial charge on any atom is 0.186 e. The van der Waals surface area contributed by atoms with E-state index in [1.54, 1.807) is 0 Å². The molecule has 0 bridgehead atoms. The van der Waals surface area contributed by atoms with E-state index in [1.165, 1.54) is 0 Å². The molecular formula is C7H14O6. The molecule has 0 aromatic heterocycles. The summed E-state index contributed by atoms with van der Waals surface area (Å²) >= 11 is 0. The van der Waals surface area contributed by atoms with E-state index < -0.39 is 36.6 Å². The normalized spacial score (nSPS) is 47.1. The number of rotatable bonds is 3. The molecule has 0 spiro atoms. The van der Waals surface area contributed by atoms with Crippen molar-refractivity contribution in [3.63, 3.8) is 0 Å². The fourth-order valence-corrected chi connectivity index (χ4v) is 1.64. The number of methoxy groups -OCH3 is 1. The Morgan fingerprint density at radius 3 is 2.38 bits per heavy atom. The van der Waals surface area contributed by atoms with Crippen LogP contribution < -0.4 is 0 Å². The van der Waals surface area contributed by atoms with Crippen LogP contribution >= 0.6 is 0 Å². The number of aliphatic hydroxyl groups excluding tert-OH is 4. The molecule has 1 fully saturated rings. The third-order valence-corrected chi connectivity index (χ3v) is 2.62. The summed E-state index contributed by atoms with van der Waals surface area (Å²) in [6, 6.07) is 0. The van der Waals surface area contributed by atoms with Crippen LogP contribution in [0.15, 0.2) is 0 Å². The van der Waals surface area contributed by atoms with Crippen molar-refractivity contribution in [3.8, 4) is 0 Å². The van der Waals surface area contributed by atoms with Crippen LogP contribution in [0, 0.1) is 5.92 Å². The van der Waals surface area contributed by atoms with Crippen molar-refractivity contribution in [2.75, 3.05) is 13.7 Å². The summed E-state index contributed by atoms with van der Waals surface area (Å²) in [7, 11) is 1.15. The van der Waals surface area contributed by atoms with Crippen LogP contribution in [-0.2, 0) is 4.74 Å². The quantitative estimate of drug-likeness (QED) is 0.307. The Labute approximate surface area is 75.0 Å². The molecule has 0 aliphatic heterocycles. The molecule has 1 aliphatic rings. The highest BCUT2D eigenvalue weighted by Crippen LogP contribution is 2.41. The first-order valence-electron chi connectivity index (χ1n) is 3.90. The molecule has 5 unspecified atom stereocenters. The summed E-state index contributed by atoms with van der Waals surface area (Å²) in [5.41, 5.74) is -1.98. The summed E-state index contributed by atoms with van der Waals surface area (Å²) in [5, 5.41) is 45.9. The highest BCUT2D eigenvalue weighted by molar-refractivity contribution is 5.11. The molecular weight excluding hydrogens is 180 g/mol. The molecule has 13 heavy (non-hydrogen) atoms. The van der Waals surface area contributed by atoms with Gasteiger partial charge in [-0.1, -0.05) is 0 Å². The smallest absolute Gasteiger partial charge is 0.186 e. The fraction of sp³-hybridized carbons (Fsp3) is 1.00. The van der Waals surface area contributed by atoms with E-state index in [-0.39, 0.29) is 0 Å². The molecule has 1 aliphatic carbocycles. The van der Waals surface area contributed by atoms with Crippen molar-refractivity contribution in [1.82, 2.24) is 0 Å². The molecule has 0 aromatic rings. The third-order valence-electron chi connectivity index (χ3n) is 2.62. The summed E-state index contributed by atoms with van der Waals surface area (Å²) in [4.78, 5) is 0. The summed E-state index contributed by atoms with van der Waals surface area (Å²) in [6.07, 6.45) is -4.36. The first kappa shape index (κ1) is 10.8. The molecule has 0 radical (unpaired) electrons. The van der Waals surface area contributed by atoms with Crippen LogP contribution in [0.3, 0.4) is 0 Å². The predicted octanol–water partition coefficient (Wildman–Crippen LogP) is -2.97. The lowest BCUT2D eigenvalue weighted by Gasteiger charge is -2.53. The summed E-state index contributed by atoms with van der Waals surface area (Å²) in [6.45, 7) is -0.533. The predicted molar refractivity (Wildman–Crippen MR) is 40.6 cm³/mol. The van der Waals surface area contributed by atoms with E-state index in [0.29, 0.717) is 0 Å². The van der Waals surface area contributed by atoms with Crippen LogP contribution in [0.5, 0.6) is 0 Å². The Hall–Kier alpha value is -0.240. The van der Waals surface area contributed by atoms with Crippen molar-refractivity contribution in [3.05, 3.63) is 0 Å². The van der Waals surface area contributed by atoms with Crippen LogP contribution in [0.25, 0.3) is 0 Å². The number of aliphatic hydroxyl groups is 5. The van der Waals surface area contributed by atoms with Crippen molar-refractivity contribution >= 4 is 0 Å². The molecule has 0 aromatic carbocycles. The second-order valence-electron chi connectivity index (χ2n) is 3.20. The van der Waals surface area contributed by atoms with Crippen molar-refractivity contribution in [1.29, 1.82) is 0 Å². The van der Waals surface area contributed by atoms with Gasteiger partial charge in [-0.05, 0) is 0 Å². The Bertz CT molecular complexity index is 180. The minimum atomic E-state index is -1.98. The Morgan fingerprint density at radius 1 is 1.46 bits per heavy atom. The Balaban J connectivity index is 2.77. The van der Waals surface area contributed by atoms with Crippen LogP contribution in [-0.4, -0.2) is 63.3 Å². The van der Waals surface area contributed by atoms with Gasteiger partial charge in [0.2, 0.25) is 0 Å². The van der Waals surface area contributed by atoms with Gasteiger partial charge in [0.25, 0.3) is 0 Å². The lowest BCUT2D eigenvalue weighted by atomic mass is 9.64. The lowest BCUT2D eigenvalue weighted by Crippen LogP contribution is -2.75. The number of hydrogen-bond donors (Lipinski definition) is 5. The van der Waals surface area contributed by atoms with Gasteiger partial charge >= 0.3 is 0 Å². The van der Waals surface area contributed by atoms with Gasteiger partial charge in [-0.25, -0.2) is 0 Å². The maximum absolute atomic E-state index is 9.63. The molecule has 5 atom stereocenters. The highest BCUT2D eigenvalue weighted by atomic mass is 16.6. The minimum Gasteiger partial charge on any atom is -0.396 e. The average Bonchev–Trinajstić information content (AvgIpc) is 2.16.